The Kier molecular flexibility index (Phi) is 7.73. The summed E-state index contributed by atoms with van der Waals surface area (Å²) in [5.74, 6) is 0.754. The maximum Gasteiger partial charge on any atom is 2.00 e. The van der Waals surface area contributed by atoms with Gasteiger partial charge in [-0.05, 0) is 29.0 Å². The number of pyridine rings is 2. The predicted octanol–water partition coefficient (Wildman–Crippen LogP) is 6.16. The third-order valence-electron chi connectivity index (χ3n) is 6.56. The van der Waals surface area contributed by atoms with Crippen LogP contribution in [-0.2, 0) is 32.7 Å². The molecular weight excluding hydrogens is 708 g/mol. The van der Waals surface area contributed by atoms with E-state index < -0.39 is 17.3 Å². The summed E-state index contributed by atoms with van der Waals surface area (Å²) in [6.45, 7) is 1.88. The Morgan fingerprint density at radius 1 is 0.585 bits per heavy atom. The molecular formula is C31H21F3N6Pt. The first-order valence-corrected chi connectivity index (χ1v) is 12.4. The van der Waals surface area contributed by atoms with Crippen LogP contribution in [0.15, 0.2) is 109 Å². The number of rotatable bonds is 6. The van der Waals surface area contributed by atoms with Crippen molar-refractivity contribution in [3.8, 4) is 11.6 Å². The van der Waals surface area contributed by atoms with Gasteiger partial charge in [0, 0.05) is 11.4 Å². The molecule has 0 amide bonds. The van der Waals surface area contributed by atoms with Gasteiger partial charge in [0.2, 0.25) is 0 Å². The quantitative estimate of drug-likeness (QED) is 0.193. The van der Waals surface area contributed by atoms with E-state index in [1.165, 1.54) is 0 Å². The third kappa shape index (κ3) is 5.25. The fraction of sp³-hybridized carbons (Fsp3) is 0.0968. The van der Waals surface area contributed by atoms with Crippen LogP contribution in [0.5, 0.6) is 0 Å². The average molecular weight is 730 g/mol. The zero-order valence-electron chi connectivity index (χ0n) is 21.5. The van der Waals surface area contributed by atoms with E-state index in [1.54, 1.807) is 22.9 Å². The minimum absolute atomic E-state index is 0. The molecule has 4 heterocycles. The molecule has 6 rings (SSSR count). The van der Waals surface area contributed by atoms with E-state index >= 15 is 0 Å². The van der Waals surface area contributed by atoms with Crippen molar-refractivity contribution in [2.45, 2.75) is 18.5 Å². The normalized spacial score (nSPS) is 11.7. The molecule has 4 aromatic heterocycles. The van der Waals surface area contributed by atoms with Crippen LogP contribution < -0.4 is 0 Å². The summed E-state index contributed by atoms with van der Waals surface area (Å²) < 4.78 is 42.5. The van der Waals surface area contributed by atoms with E-state index in [0.29, 0.717) is 17.2 Å². The number of nitrogens with zero attached hydrogens (tertiary/aromatic N) is 6. The van der Waals surface area contributed by atoms with E-state index in [4.69, 9.17) is 9.97 Å². The molecule has 0 aliphatic carbocycles. The van der Waals surface area contributed by atoms with Gasteiger partial charge >= 0.3 is 27.2 Å². The topological polar surface area (TPSA) is 61.4 Å². The van der Waals surface area contributed by atoms with Gasteiger partial charge in [-0.25, -0.2) is 0 Å². The largest absolute Gasteiger partial charge is 2.00 e. The second-order valence-corrected chi connectivity index (χ2v) is 9.14. The van der Waals surface area contributed by atoms with Crippen molar-refractivity contribution in [2.24, 2.45) is 0 Å². The first-order valence-electron chi connectivity index (χ1n) is 12.4. The summed E-state index contributed by atoms with van der Waals surface area (Å²) in [5, 5.41) is 8.17. The molecule has 0 atom stereocenters. The van der Waals surface area contributed by atoms with Crippen LogP contribution in [0.2, 0.25) is 0 Å². The number of aromatic nitrogens is 6. The summed E-state index contributed by atoms with van der Waals surface area (Å²) in [5.41, 5.74) is 1.65. The molecule has 0 unspecified atom stereocenters. The molecule has 0 radical (unpaired) electrons. The molecule has 0 aliphatic rings. The number of hydrogen-bond donors (Lipinski definition) is 0. The van der Waals surface area contributed by atoms with Gasteiger partial charge in [0.15, 0.2) is 0 Å². The monoisotopic (exact) mass is 729 g/mol. The molecule has 2 aromatic carbocycles. The second-order valence-electron chi connectivity index (χ2n) is 9.14. The maximum absolute atomic E-state index is 13.3. The van der Waals surface area contributed by atoms with Crippen LogP contribution in [0, 0.1) is 19.3 Å². The zero-order chi connectivity index (χ0) is 27.7. The van der Waals surface area contributed by atoms with Crippen LogP contribution >= 0.6 is 0 Å². The SMILES string of the molecule is Cc1c[c-]n(-c2cccc(C(c3ccccc3)(c3ccccc3)c3cccc(-n4[c-]cc(C(F)(F)F)n4)n3)n2)n1.[Pt+2]. The Labute approximate surface area is 248 Å². The molecule has 0 saturated heterocycles. The smallest absolute Gasteiger partial charge is 0.343 e. The Hall–Kier alpha value is -4.36. The van der Waals surface area contributed by atoms with Gasteiger partial charge < -0.3 is 9.36 Å². The molecule has 0 aliphatic heterocycles. The van der Waals surface area contributed by atoms with Gasteiger partial charge in [-0.15, -0.1) is 12.1 Å². The van der Waals surface area contributed by atoms with Gasteiger partial charge in [0.05, 0.1) is 17.3 Å². The van der Waals surface area contributed by atoms with Crippen LogP contribution in [-0.4, -0.2) is 29.5 Å². The van der Waals surface area contributed by atoms with Crippen molar-refractivity contribution >= 4 is 0 Å². The third-order valence-corrected chi connectivity index (χ3v) is 6.56. The maximum atomic E-state index is 13.3. The number of aryl methyl sites for hydroxylation is 1. The number of halogens is 3. The molecule has 6 aromatic rings. The Morgan fingerprint density at radius 2 is 1.07 bits per heavy atom. The molecule has 41 heavy (non-hydrogen) atoms. The summed E-state index contributed by atoms with van der Waals surface area (Å²) in [4.78, 5) is 9.93. The Bertz CT molecular complexity index is 1720. The fourth-order valence-electron chi connectivity index (χ4n) is 4.80. The molecule has 0 spiro atoms. The molecule has 0 N–H and O–H groups in total. The number of benzene rings is 2. The minimum atomic E-state index is -4.59. The van der Waals surface area contributed by atoms with Crippen molar-refractivity contribution in [3.05, 3.63) is 155 Å². The van der Waals surface area contributed by atoms with E-state index in [-0.39, 0.29) is 26.9 Å². The predicted molar refractivity (Wildman–Crippen MR) is 142 cm³/mol. The summed E-state index contributed by atoms with van der Waals surface area (Å²) >= 11 is 0. The van der Waals surface area contributed by atoms with Crippen LogP contribution in [0.1, 0.15) is 33.9 Å². The van der Waals surface area contributed by atoms with Gasteiger partial charge in [-0.3, -0.25) is 20.2 Å². The second kappa shape index (κ2) is 11.3. The minimum Gasteiger partial charge on any atom is -0.343 e. The van der Waals surface area contributed by atoms with Crippen molar-refractivity contribution in [2.75, 3.05) is 0 Å². The van der Waals surface area contributed by atoms with Crippen LogP contribution in [0.4, 0.5) is 13.2 Å². The van der Waals surface area contributed by atoms with Gasteiger partial charge in [0.25, 0.3) is 0 Å². The standard InChI is InChI=1S/C31H21F3N6.Pt/c1-22-18-20-39(37-22)28-16-8-14-25(35-28)30(23-10-4-2-5-11-23,24-12-6-3-7-13-24)26-15-9-17-29(36-26)40-21-19-27(38-40)31(32,33)34;/h2-19H,1H3;/q-2;+2. The van der Waals surface area contributed by atoms with Crippen molar-refractivity contribution in [3.63, 3.8) is 0 Å². The van der Waals surface area contributed by atoms with E-state index in [1.807, 2.05) is 91.9 Å². The molecule has 10 heteroatoms. The first-order chi connectivity index (χ1) is 19.4. The summed E-state index contributed by atoms with van der Waals surface area (Å²) in [6, 6.07) is 32.9. The molecule has 0 bridgehead atoms. The number of hydrogen-bond acceptors (Lipinski definition) is 4. The summed E-state index contributed by atoms with van der Waals surface area (Å²) in [7, 11) is 0. The van der Waals surface area contributed by atoms with Gasteiger partial charge in [-0.2, -0.15) is 13.2 Å². The first kappa shape index (κ1) is 28.2. The van der Waals surface area contributed by atoms with Gasteiger partial charge in [0.1, 0.15) is 5.41 Å². The average Bonchev–Trinajstić information content (AvgIpc) is 3.65. The van der Waals surface area contributed by atoms with Crippen molar-refractivity contribution in [1.29, 1.82) is 0 Å². The molecule has 6 nitrogen and oxygen atoms in total. The molecule has 0 saturated carbocycles. The van der Waals surface area contributed by atoms with Crippen LogP contribution in [0.25, 0.3) is 11.6 Å². The fourth-order valence-corrected chi connectivity index (χ4v) is 4.80. The zero-order valence-corrected chi connectivity index (χ0v) is 23.8. The van der Waals surface area contributed by atoms with Crippen LogP contribution in [0.3, 0.4) is 0 Å². The molecule has 0 fully saturated rings. The number of alkyl halides is 3. The van der Waals surface area contributed by atoms with E-state index in [0.717, 1.165) is 27.6 Å². The Balaban J connectivity index is 0.00000337. The Morgan fingerprint density at radius 3 is 1.51 bits per heavy atom. The summed E-state index contributed by atoms with van der Waals surface area (Å²) in [6.07, 6.45) is 1.04. The van der Waals surface area contributed by atoms with E-state index in [9.17, 15) is 13.2 Å². The van der Waals surface area contributed by atoms with Crippen molar-refractivity contribution in [1.82, 2.24) is 29.5 Å². The van der Waals surface area contributed by atoms with Gasteiger partial charge in [-0.1, -0.05) is 104 Å². The van der Waals surface area contributed by atoms with Crippen molar-refractivity contribution < 1.29 is 34.2 Å². The van der Waals surface area contributed by atoms with E-state index in [2.05, 4.69) is 22.6 Å². The molecule has 206 valence electrons.